The van der Waals surface area contributed by atoms with E-state index in [1.54, 1.807) is 6.33 Å². The Bertz CT molecular complexity index is 338. The van der Waals surface area contributed by atoms with Gasteiger partial charge in [-0.05, 0) is 39.3 Å². The summed E-state index contributed by atoms with van der Waals surface area (Å²) in [6.07, 6.45) is 7.73. The number of rotatable bonds is 10. The van der Waals surface area contributed by atoms with Gasteiger partial charge < -0.3 is 15.0 Å². The predicted octanol–water partition coefficient (Wildman–Crippen LogP) is 1.75. The number of hydrogen-bond donors (Lipinski definition) is 2. The highest BCUT2D eigenvalue weighted by Gasteiger charge is 1.94. The maximum atomic E-state index is 5.44. The van der Waals surface area contributed by atoms with E-state index in [1.165, 1.54) is 0 Å². The molecule has 1 aromatic heterocycles. The Kier molecular flexibility index (Phi) is 8.87. The molecule has 0 atom stereocenters. The number of hydrogen-bond acceptors (Lipinski definition) is 3. The number of aryl methyl sites for hydroxylation is 1. The lowest BCUT2D eigenvalue weighted by molar-refractivity contribution is 0.137. The van der Waals surface area contributed by atoms with E-state index in [4.69, 9.17) is 4.74 Å². The average Bonchev–Trinajstić information content (AvgIpc) is 2.89. The highest BCUT2D eigenvalue weighted by molar-refractivity contribution is 4.94. The van der Waals surface area contributed by atoms with Gasteiger partial charge >= 0.3 is 0 Å². The summed E-state index contributed by atoms with van der Waals surface area (Å²) in [4.78, 5) is 7.15. The van der Waals surface area contributed by atoms with E-state index in [1.807, 2.05) is 13.1 Å². The first kappa shape index (κ1) is 14.7. The van der Waals surface area contributed by atoms with Crippen LogP contribution in [-0.2, 0) is 11.2 Å². The van der Waals surface area contributed by atoms with Crippen molar-refractivity contribution in [2.24, 2.45) is 0 Å². The summed E-state index contributed by atoms with van der Waals surface area (Å²) in [5.41, 5.74) is 1.14. The second-order valence-corrected chi connectivity index (χ2v) is 4.06. The molecule has 1 rings (SSSR count). The molecule has 0 aliphatic rings. The Balaban J connectivity index is 1.77. The van der Waals surface area contributed by atoms with Gasteiger partial charge in [0.25, 0.3) is 0 Å². The molecule has 18 heavy (non-hydrogen) atoms. The van der Waals surface area contributed by atoms with Crippen LogP contribution in [0.25, 0.3) is 0 Å². The highest BCUT2D eigenvalue weighted by Crippen LogP contribution is 1.95. The normalized spacial score (nSPS) is 10.1. The van der Waals surface area contributed by atoms with Gasteiger partial charge in [-0.25, -0.2) is 4.98 Å². The first-order valence-electron chi connectivity index (χ1n) is 6.59. The van der Waals surface area contributed by atoms with Gasteiger partial charge in [-0.2, -0.15) is 0 Å². The number of aromatic amines is 1. The van der Waals surface area contributed by atoms with Gasteiger partial charge in [-0.15, -0.1) is 11.8 Å². The molecule has 0 bridgehead atoms. The largest absolute Gasteiger partial charge is 0.380 e. The van der Waals surface area contributed by atoms with Crippen LogP contribution < -0.4 is 5.32 Å². The maximum Gasteiger partial charge on any atom is 0.0923 e. The lowest BCUT2D eigenvalue weighted by Crippen LogP contribution is -2.18. The van der Waals surface area contributed by atoms with Gasteiger partial charge in [-0.1, -0.05) is 0 Å². The van der Waals surface area contributed by atoms with E-state index in [9.17, 15) is 0 Å². The second kappa shape index (κ2) is 10.8. The van der Waals surface area contributed by atoms with Gasteiger partial charge in [0.1, 0.15) is 0 Å². The molecule has 0 saturated carbocycles. The average molecular weight is 249 g/mol. The number of nitrogens with zero attached hydrogens (tertiary/aromatic N) is 1. The van der Waals surface area contributed by atoms with E-state index in [0.717, 1.165) is 57.7 Å². The molecule has 0 spiro atoms. The molecule has 4 heteroatoms. The Hall–Kier alpha value is -1.31. The molecule has 0 amide bonds. The molecule has 0 aliphatic carbocycles. The molecule has 1 aromatic rings. The second-order valence-electron chi connectivity index (χ2n) is 4.06. The molecule has 4 nitrogen and oxygen atoms in total. The Morgan fingerprint density at radius 3 is 3.00 bits per heavy atom. The van der Waals surface area contributed by atoms with Crippen LogP contribution in [0.3, 0.4) is 0 Å². The van der Waals surface area contributed by atoms with Crippen molar-refractivity contribution >= 4 is 0 Å². The van der Waals surface area contributed by atoms with Crippen LogP contribution in [0.4, 0.5) is 0 Å². The van der Waals surface area contributed by atoms with Crippen LogP contribution in [0.5, 0.6) is 0 Å². The summed E-state index contributed by atoms with van der Waals surface area (Å²) in [6.45, 7) is 5.47. The minimum Gasteiger partial charge on any atom is -0.380 e. The third kappa shape index (κ3) is 7.88. The predicted molar refractivity (Wildman–Crippen MR) is 73.3 cm³/mol. The van der Waals surface area contributed by atoms with Crippen molar-refractivity contribution in [2.45, 2.75) is 32.6 Å². The van der Waals surface area contributed by atoms with Crippen LogP contribution >= 0.6 is 0 Å². The topological polar surface area (TPSA) is 49.9 Å². The van der Waals surface area contributed by atoms with E-state index in [2.05, 4.69) is 27.1 Å². The third-order valence-electron chi connectivity index (χ3n) is 2.53. The molecule has 0 aliphatic heterocycles. The molecule has 2 N–H and O–H groups in total. The van der Waals surface area contributed by atoms with Gasteiger partial charge in [0.15, 0.2) is 0 Å². The minimum atomic E-state index is 0.750. The zero-order valence-electron chi connectivity index (χ0n) is 11.2. The van der Waals surface area contributed by atoms with Crippen molar-refractivity contribution in [1.29, 1.82) is 0 Å². The summed E-state index contributed by atoms with van der Waals surface area (Å²) in [7, 11) is 0. The molecule has 0 fully saturated rings. The first-order valence-corrected chi connectivity index (χ1v) is 6.59. The van der Waals surface area contributed by atoms with Crippen molar-refractivity contribution in [3.8, 4) is 11.8 Å². The Morgan fingerprint density at radius 1 is 1.33 bits per heavy atom. The van der Waals surface area contributed by atoms with Gasteiger partial charge in [0.2, 0.25) is 0 Å². The molecule has 0 saturated heterocycles. The lowest BCUT2D eigenvalue weighted by Gasteiger charge is -2.04. The summed E-state index contributed by atoms with van der Waals surface area (Å²) >= 11 is 0. The van der Waals surface area contributed by atoms with Gasteiger partial charge in [0.05, 0.1) is 18.6 Å². The zero-order valence-corrected chi connectivity index (χ0v) is 11.2. The van der Waals surface area contributed by atoms with Crippen molar-refractivity contribution in [3.63, 3.8) is 0 Å². The minimum absolute atomic E-state index is 0.750. The van der Waals surface area contributed by atoms with Crippen molar-refractivity contribution in [1.82, 2.24) is 15.3 Å². The van der Waals surface area contributed by atoms with E-state index >= 15 is 0 Å². The fourth-order valence-corrected chi connectivity index (χ4v) is 1.60. The summed E-state index contributed by atoms with van der Waals surface area (Å²) < 4.78 is 5.44. The quantitative estimate of drug-likeness (QED) is 0.490. The summed E-state index contributed by atoms with van der Waals surface area (Å²) in [6, 6.07) is 0. The fraction of sp³-hybridized carbons (Fsp3) is 0.643. The summed E-state index contributed by atoms with van der Waals surface area (Å²) in [5.74, 6) is 5.84. The standard InChI is InChI=1S/C14H23N3O/c1-2-3-4-10-18-11-6-9-15-8-5-7-14-12-16-13-17-14/h12-13,15H,4-11H2,1H3,(H,16,17). The van der Waals surface area contributed by atoms with Crippen LogP contribution in [0, 0.1) is 11.8 Å². The summed E-state index contributed by atoms with van der Waals surface area (Å²) in [5, 5.41) is 3.40. The fourth-order valence-electron chi connectivity index (χ4n) is 1.60. The van der Waals surface area contributed by atoms with Crippen molar-refractivity contribution in [2.75, 3.05) is 26.3 Å². The number of H-pyrrole nitrogens is 1. The molecule has 0 aromatic carbocycles. The van der Waals surface area contributed by atoms with E-state index in [0.29, 0.717) is 0 Å². The van der Waals surface area contributed by atoms with Gasteiger partial charge in [-0.3, -0.25) is 0 Å². The van der Waals surface area contributed by atoms with Crippen LogP contribution in [0.1, 0.15) is 31.9 Å². The van der Waals surface area contributed by atoms with Crippen LogP contribution in [0.2, 0.25) is 0 Å². The zero-order chi connectivity index (χ0) is 12.9. The molecule has 1 heterocycles. The molecule has 0 radical (unpaired) electrons. The van der Waals surface area contributed by atoms with E-state index in [-0.39, 0.29) is 0 Å². The molecular formula is C14H23N3O. The molecular weight excluding hydrogens is 226 g/mol. The van der Waals surface area contributed by atoms with Crippen LogP contribution in [-0.4, -0.2) is 36.3 Å². The maximum absolute atomic E-state index is 5.44. The number of aromatic nitrogens is 2. The monoisotopic (exact) mass is 249 g/mol. The highest BCUT2D eigenvalue weighted by atomic mass is 16.5. The Labute approximate surface area is 110 Å². The van der Waals surface area contributed by atoms with Gasteiger partial charge in [0, 0.05) is 19.2 Å². The van der Waals surface area contributed by atoms with E-state index < -0.39 is 0 Å². The van der Waals surface area contributed by atoms with Crippen LogP contribution in [0.15, 0.2) is 12.5 Å². The SMILES string of the molecule is CC#CCCOCCCNCCCc1c[nH]cn1. The number of nitrogens with one attached hydrogen (secondary N) is 2. The smallest absolute Gasteiger partial charge is 0.0923 e. The molecule has 0 unspecified atom stereocenters. The Morgan fingerprint density at radius 2 is 2.22 bits per heavy atom. The number of ether oxygens (including phenoxy) is 1. The van der Waals surface area contributed by atoms with Crippen molar-refractivity contribution in [3.05, 3.63) is 18.2 Å². The lowest BCUT2D eigenvalue weighted by atomic mass is 10.2. The first-order chi connectivity index (χ1) is 8.93. The number of imidazole rings is 1. The third-order valence-corrected chi connectivity index (χ3v) is 2.53. The van der Waals surface area contributed by atoms with Crippen molar-refractivity contribution < 1.29 is 4.74 Å². The molecule has 100 valence electrons.